The molecule has 0 atom stereocenters. The number of para-hydroxylation sites is 3. The van der Waals surface area contributed by atoms with Crippen molar-refractivity contribution in [2.75, 3.05) is 9.80 Å². The van der Waals surface area contributed by atoms with Gasteiger partial charge >= 0.3 is 0 Å². The highest BCUT2D eigenvalue weighted by molar-refractivity contribution is 7.19. The Labute approximate surface area is 410 Å². The van der Waals surface area contributed by atoms with Gasteiger partial charge in [-0.3, -0.25) is 0 Å². The van der Waals surface area contributed by atoms with Crippen LogP contribution in [0.2, 0.25) is 0 Å². The van der Waals surface area contributed by atoms with Crippen molar-refractivity contribution in [2.45, 2.75) is 0 Å². The Morgan fingerprint density at radius 3 is 1.13 bits per heavy atom. The van der Waals surface area contributed by atoms with E-state index in [-0.39, 0.29) is 0 Å². The third-order valence-corrected chi connectivity index (χ3v) is 18.4. The minimum Gasteiger partial charge on any atom is -0.453 e. The quantitative estimate of drug-likeness (QED) is 0.0899. The number of rotatable bonds is 12. The number of benzene rings is 11. The lowest BCUT2D eigenvalue weighted by Gasteiger charge is -2.35. The average Bonchev–Trinajstić information content (AvgIpc) is 3.85. The number of anilines is 6. The molecule has 0 aliphatic heterocycles. The van der Waals surface area contributed by atoms with Crippen molar-refractivity contribution < 1.29 is 4.42 Å². The van der Waals surface area contributed by atoms with E-state index in [4.69, 9.17) is 4.42 Å². The minimum atomic E-state index is -2.79. The molecule has 0 saturated heterocycles. The van der Waals surface area contributed by atoms with Gasteiger partial charge in [0.25, 0.3) is 0 Å². The molecule has 0 saturated carbocycles. The third-order valence-electron chi connectivity index (χ3n) is 13.6. The van der Waals surface area contributed by atoms with E-state index in [0.717, 1.165) is 72.8 Å². The second-order valence-electron chi connectivity index (χ2n) is 17.6. The molecule has 70 heavy (non-hydrogen) atoms. The van der Waals surface area contributed by atoms with E-state index >= 15 is 0 Å². The van der Waals surface area contributed by atoms with Crippen LogP contribution in [0, 0.1) is 0 Å². The molecular formula is C66H48N2OSi. The van der Waals surface area contributed by atoms with Gasteiger partial charge in [-0.15, -0.1) is 0 Å². The van der Waals surface area contributed by atoms with Crippen LogP contribution in [0.4, 0.5) is 34.1 Å². The van der Waals surface area contributed by atoms with Crippen molar-refractivity contribution >= 4 is 84.9 Å². The first-order valence-electron chi connectivity index (χ1n) is 23.9. The highest BCUT2D eigenvalue weighted by Crippen LogP contribution is 2.50. The molecule has 0 radical (unpaired) electrons. The Kier molecular flexibility index (Phi) is 11.3. The SMILES string of the molecule is c1ccc(-c2ccc(N(c3ccc([Si](c4ccccc4)(c4ccccc4)c4ccccc4)cc3)c3ccc(N(c4ccccc4)c4ccccc4)c4c3oc3c(-c5ccccc5)cccc34)cc2)cc1. The van der Waals surface area contributed by atoms with Crippen LogP contribution >= 0.6 is 0 Å². The van der Waals surface area contributed by atoms with Gasteiger partial charge in [-0.25, -0.2) is 0 Å². The lowest BCUT2D eigenvalue weighted by molar-refractivity contribution is 0.670. The van der Waals surface area contributed by atoms with Gasteiger partial charge in [0.15, 0.2) is 13.7 Å². The summed E-state index contributed by atoms with van der Waals surface area (Å²) < 4.78 is 7.44. The van der Waals surface area contributed by atoms with E-state index in [2.05, 4.69) is 301 Å². The Balaban J connectivity index is 1.12. The Morgan fingerprint density at radius 1 is 0.257 bits per heavy atom. The molecule has 0 spiro atoms. The van der Waals surface area contributed by atoms with Crippen LogP contribution in [0.25, 0.3) is 44.2 Å². The topological polar surface area (TPSA) is 19.6 Å². The van der Waals surface area contributed by atoms with E-state index in [1.54, 1.807) is 0 Å². The Morgan fingerprint density at radius 2 is 0.629 bits per heavy atom. The maximum atomic E-state index is 7.44. The van der Waals surface area contributed by atoms with Gasteiger partial charge in [0.2, 0.25) is 0 Å². The van der Waals surface area contributed by atoms with Gasteiger partial charge in [-0.1, -0.05) is 231 Å². The van der Waals surface area contributed by atoms with E-state index in [9.17, 15) is 0 Å². The first kappa shape index (κ1) is 42.4. The number of hydrogen-bond donors (Lipinski definition) is 0. The average molecular weight is 913 g/mol. The zero-order valence-corrected chi connectivity index (χ0v) is 39.5. The fraction of sp³-hybridized carbons (Fsp3) is 0. The van der Waals surface area contributed by atoms with Crippen molar-refractivity contribution in [2.24, 2.45) is 0 Å². The van der Waals surface area contributed by atoms with E-state index in [1.165, 1.54) is 26.3 Å². The lowest BCUT2D eigenvalue weighted by atomic mass is 10.0. The molecule has 0 aliphatic carbocycles. The van der Waals surface area contributed by atoms with Crippen LogP contribution in [0.15, 0.2) is 296 Å². The first-order chi connectivity index (χ1) is 34.8. The molecule has 12 aromatic rings. The minimum absolute atomic E-state index is 0.797. The molecule has 0 N–H and O–H groups in total. The first-order valence-corrected chi connectivity index (χ1v) is 25.9. The Bertz CT molecular complexity index is 3530. The summed E-state index contributed by atoms with van der Waals surface area (Å²) in [6, 6.07) is 105. The summed E-state index contributed by atoms with van der Waals surface area (Å²) >= 11 is 0. The van der Waals surface area contributed by atoms with Crippen LogP contribution in [-0.2, 0) is 0 Å². The molecule has 0 unspecified atom stereocenters. The predicted molar refractivity (Wildman–Crippen MR) is 298 cm³/mol. The molecule has 0 fully saturated rings. The summed E-state index contributed by atoms with van der Waals surface area (Å²) in [5.74, 6) is 0. The van der Waals surface area contributed by atoms with Crippen molar-refractivity contribution in [3.63, 3.8) is 0 Å². The van der Waals surface area contributed by atoms with Crippen LogP contribution in [0.3, 0.4) is 0 Å². The van der Waals surface area contributed by atoms with Gasteiger partial charge < -0.3 is 14.2 Å². The van der Waals surface area contributed by atoms with Crippen LogP contribution in [0.5, 0.6) is 0 Å². The van der Waals surface area contributed by atoms with Crippen LogP contribution in [-0.4, -0.2) is 8.07 Å². The summed E-state index contributed by atoms with van der Waals surface area (Å²) in [5, 5.41) is 7.39. The fourth-order valence-corrected chi connectivity index (χ4v) is 15.2. The molecule has 0 aliphatic rings. The normalized spacial score (nSPS) is 11.4. The standard InChI is InChI=1S/C66H48N2OSi/c1-8-23-49(24-9-1)50-39-41-54(42-40-50)68(55-43-45-59(46-44-55)70(56-31-16-5-17-32-56,57-33-18-6-19-34-57)58-35-20-7-21-36-58)63-48-47-62(67(52-27-12-3-13-28-52)53-29-14-4-15-30-53)64-61-38-22-37-60(65(61)69-66(63)64)51-25-10-2-11-26-51/h1-48H. The summed E-state index contributed by atoms with van der Waals surface area (Å²) in [7, 11) is -2.79. The molecule has 1 heterocycles. The predicted octanol–water partition coefficient (Wildman–Crippen LogP) is 15.2. The highest BCUT2D eigenvalue weighted by Gasteiger charge is 2.41. The smallest absolute Gasteiger partial charge is 0.179 e. The molecule has 3 nitrogen and oxygen atoms in total. The molecular weight excluding hydrogens is 865 g/mol. The van der Waals surface area contributed by atoms with Crippen molar-refractivity contribution in [3.05, 3.63) is 291 Å². The van der Waals surface area contributed by atoms with Gasteiger partial charge in [-0.05, 0) is 98.1 Å². The monoisotopic (exact) mass is 912 g/mol. The maximum Gasteiger partial charge on any atom is 0.179 e. The van der Waals surface area contributed by atoms with E-state index < -0.39 is 8.07 Å². The van der Waals surface area contributed by atoms with Crippen molar-refractivity contribution in [1.29, 1.82) is 0 Å². The number of hydrogen-bond acceptors (Lipinski definition) is 3. The van der Waals surface area contributed by atoms with Crippen molar-refractivity contribution in [3.8, 4) is 22.3 Å². The van der Waals surface area contributed by atoms with Gasteiger partial charge in [0.1, 0.15) is 5.58 Å². The molecule has 0 bridgehead atoms. The molecule has 1 aromatic heterocycles. The summed E-state index contributed by atoms with van der Waals surface area (Å²) in [5.41, 5.74) is 12.2. The van der Waals surface area contributed by atoms with E-state index in [1.807, 2.05) is 0 Å². The summed E-state index contributed by atoms with van der Waals surface area (Å²) in [6.07, 6.45) is 0. The van der Waals surface area contributed by atoms with Crippen molar-refractivity contribution in [1.82, 2.24) is 0 Å². The molecule has 332 valence electrons. The maximum absolute atomic E-state index is 7.44. The molecule has 0 amide bonds. The second-order valence-corrected chi connectivity index (χ2v) is 21.4. The lowest BCUT2D eigenvalue weighted by Crippen LogP contribution is -2.74. The fourth-order valence-electron chi connectivity index (χ4n) is 10.4. The number of fused-ring (bicyclic) bond motifs is 3. The third kappa shape index (κ3) is 7.57. The molecule has 4 heteroatoms. The van der Waals surface area contributed by atoms with Crippen LogP contribution < -0.4 is 30.5 Å². The Hall–Kier alpha value is -8.96. The summed E-state index contributed by atoms with van der Waals surface area (Å²) in [6.45, 7) is 0. The molecule has 12 rings (SSSR count). The number of nitrogens with zero attached hydrogens (tertiary/aromatic N) is 2. The second kappa shape index (κ2) is 18.6. The highest BCUT2D eigenvalue weighted by atomic mass is 28.3. The molecule has 11 aromatic carbocycles. The zero-order chi connectivity index (χ0) is 46.7. The zero-order valence-electron chi connectivity index (χ0n) is 38.5. The van der Waals surface area contributed by atoms with Crippen LogP contribution in [0.1, 0.15) is 0 Å². The van der Waals surface area contributed by atoms with Gasteiger partial charge in [-0.2, -0.15) is 0 Å². The van der Waals surface area contributed by atoms with E-state index in [0.29, 0.717) is 0 Å². The summed E-state index contributed by atoms with van der Waals surface area (Å²) in [4.78, 5) is 4.73. The van der Waals surface area contributed by atoms with Gasteiger partial charge in [0, 0.05) is 33.7 Å². The van der Waals surface area contributed by atoms with Gasteiger partial charge in [0.05, 0.1) is 16.8 Å². The number of furan rings is 1. The largest absolute Gasteiger partial charge is 0.453 e.